The number of nitrogens with zero attached hydrogens (tertiary/aromatic N) is 2. The van der Waals surface area contributed by atoms with Crippen LogP contribution in [0.1, 0.15) is 4.88 Å². The van der Waals surface area contributed by atoms with Crippen LogP contribution in [0, 0.1) is 5.95 Å². The van der Waals surface area contributed by atoms with Crippen molar-refractivity contribution in [3.05, 3.63) is 46.8 Å². The predicted octanol–water partition coefficient (Wildman–Crippen LogP) is 3.38. The summed E-state index contributed by atoms with van der Waals surface area (Å²) in [6, 6.07) is 4.78. The normalized spacial score (nSPS) is 11.2. The first kappa shape index (κ1) is 18.9. The lowest BCUT2D eigenvalue weighted by molar-refractivity contribution is 0.587. The van der Waals surface area contributed by atoms with Gasteiger partial charge in [0.25, 0.3) is 0 Å². The summed E-state index contributed by atoms with van der Waals surface area (Å²) in [4.78, 5) is 8.29. The Bertz CT molecular complexity index is 927. The molecule has 0 bridgehead atoms. The lowest BCUT2D eigenvalue weighted by Crippen LogP contribution is -2.02. The highest BCUT2D eigenvalue weighted by Gasteiger charge is 2.28. The van der Waals surface area contributed by atoms with E-state index in [4.69, 9.17) is 0 Å². The first-order chi connectivity index (χ1) is 11.0. The summed E-state index contributed by atoms with van der Waals surface area (Å²) in [5, 5.41) is 4.57. The van der Waals surface area contributed by atoms with Crippen LogP contribution in [-0.2, 0) is 16.4 Å². The van der Waals surface area contributed by atoms with Crippen LogP contribution >= 0.6 is 35.1 Å². The van der Waals surface area contributed by atoms with E-state index in [0.717, 1.165) is 27.6 Å². The van der Waals surface area contributed by atoms with Crippen molar-refractivity contribution in [1.82, 2.24) is 15.3 Å². The Balaban J connectivity index is 0.00000208. The predicted molar refractivity (Wildman–Crippen MR) is 95.1 cm³/mol. The zero-order valence-corrected chi connectivity index (χ0v) is 15.7. The van der Waals surface area contributed by atoms with E-state index in [0.29, 0.717) is 12.1 Å². The topological polar surface area (TPSA) is 72.0 Å². The molecule has 1 N–H and O–H groups in total. The van der Waals surface area contributed by atoms with Gasteiger partial charge in [-0.15, -0.1) is 35.1 Å². The molecular weight excluding hydrogens is 393 g/mol. The van der Waals surface area contributed by atoms with Gasteiger partial charge in [0, 0.05) is 40.3 Å². The number of pyridine rings is 1. The van der Waals surface area contributed by atoms with Gasteiger partial charge in [-0.25, -0.2) is 18.4 Å². The highest BCUT2D eigenvalue weighted by molar-refractivity contribution is 7.95. The van der Waals surface area contributed by atoms with Crippen LogP contribution < -0.4 is 5.32 Å². The molecule has 0 spiro atoms. The summed E-state index contributed by atoms with van der Waals surface area (Å²) in [6.07, 6.45) is 2.76. The van der Waals surface area contributed by atoms with Gasteiger partial charge in [-0.2, -0.15) is 4.39 Å². The Labute approximate surface area is 152 Å². The van der Waals surface area contributed by atoms with Crippen molar-refractivity contribution in [2.24, 2.45) is 0 Å². The highest BCUT2D eigenvalue weighted by atomic mass is 35.5. The summed E-state index contributed by atoms with van der Waals surface area (Å²) >= 11 is 2.15. The van der Waals surface area contributed by atoms with E-state index in [-0.39, 0.29) is 26.5 Å². The van der Waals surface area contributed by atoms with Crippen LogP contribution in [-0.4, -0.2) is 25.4 Å². The van der Waals surface area contributed by atoms with Crippen molar-refractivity contribution in [2.75, 3.05) is 7.05 Å². The third-order valence-electron chi connectivity index (χ3n) is 3.03. The molecule has 3 aromatic rings. The SMILES string of the molecule is CNCc1cc(-c2cccnc2F)c(S(=O)(=O)c2nccs2)s1.Cl. The van der Waals surface area contributed by atoms with Crippen molar-refractivity contribution in [3.63, 3.8) is 0 Å². The molecule has 0 aliphatic heterocycles. The number of thiazole rings is 1. The molecule has 10 heteroatoms. The second-order valence-corrected chi connectivity index (χ2v) is 8.94. The fourth-order valence-electron chi connectivity index (χ4n) is 2.08. The number of sulfone groups is 1. The smallest absolute Gasteiger partial charge is 0.243 e. The molecule has 0 saturated heterocycles. The molecule has 0 atom stereocenters. The standard InChI is InChI=1S/C14H12FN3O2S3.ClH/c1-16-8-9-7-11(10-3-2-4-17-12(10)15)13(22-9)23(19,20)14-18-5-6-21-14;/h2-7,16H,8H2,1H3;1H. The Hall–Kier alpha value is -1.39. The Morgan fingerprint density at radius 3 is 2.67 bits per heavy atom. The van der Waals surface area contributed by atoms with Gasteiger partial charge in [-0.05, 0) is 25.2 Å². The van der Waals surface area contributed by atoms with Gasteiger partial charge >= 0.3 is 0 Å². The minimum absolute atomic E-state index is 0. The fourth-order valence-corrected chi connectivity index (χ4v) is 6.25. The summed E-state index contributed by atoms with van der Waals surface area (Å²) in [5.41, 5.74) is 0.488. The van der Waals surface area contributed by atoms with Gasteiger partial charge in [-0.3, -0.25) is 0 Å². The van der Waals surface area contributed by atoms with Crippen LogP contribution in [0.2, 0.25) is 0 Å². The maximum Gasteiger partial charge on any atom is 0.243 e. The second kappa shape index (κ2) is 7.66. The van der Waals surface area contributed by atoms with E-state index in [9.17, 15) is 12.8 Å². The van der Waals surface area contributed by atoms with E-state index in [1.807, 2.05) is 0 Å². The third-order valence-corrected chi connectivity index (χ3v) is 7.66. The summed E-state index contributed by atoms with van der Waals surface area (Å²) in [7, 11) is -2.02. The van der Waals surface area contributed by atoms with Crippen molar-refractivity contribution in [3.8, 4) is 11.1 Å². The molecule has 0 aliphatic carbocycles. The number of halogens is 2. The Morgan fingerprint density at radius 2 is 2.04 bits per heavy atom. The van der Waals surface area contributed by atoms with Gasteiger partial charge in [0.1, 0.15) is 4.21 Å². The maximum atomic E-state index is 14.1. The molecule has 0 saturated carbocycles. The molecule has 128 valence electrons. The molecule has 0 amide bonds. The van der Waals surface area contributed by atoms with E-state index in [1.165, 1.54) is 18.5 Å². The van der Waals surface area contributed by atoms with Crippen LogP contribution in [0.3, 0.4) is 0 Å². The average Bonchev–Trinajstić information content (AvgIpc) is 3.18. The monoisotopic (exact) mass is 405 g/mol. The summed E-state index contributed by atoms with van der Waals surface area (Å²) < 4.78 is 39.8. The third kappa shape index (κ3) is 3.50. The summed E-state index contributed by atoms with van der Waals surface area (Å²) in [6.45, 7) is 0.493. The van der Waals surface area contributed by atoms with Crippen molar-refractivity contribution >= 4 is 44.9 Å². The fraction of sp³-hybridized carbons (Fsp3) is 0.143. The molecule has 0 aliphatic rings. The second-order valence-electron chi connectivity index (χ2n) is 4.59. The number of rotatable bonds is 5. The first-order valence-corrected chi connectivity index (χ1v) is 9.74. The average molecular weight is 406 g/mol. The van der Waals surface area contributed by atoms with Crippen LogP contribution in [0.4, 0.5) is 4.39 Å². The molecule has 24 heavy (non-hydrogen) atoms. The van der Waals surface area contributed by atoms with Gasteiger partial charge in [0.2, 0.25) is 20.1 Å². The Morgan fingerprint density at radius 1 is 1.25 bits per heavy atom. The number of hydrogen-bond acceptors (Lipinski definition) is 7. The van der Waals surface area contributed by atoms with E-state index < -0.39 is 15.8 Å². The molecule has 3 heterocycles. The first-order valence-electron chi connectivity index (χ1n) is 6.57. The molecule has 3 rings (SSSR count). The quantitative estimate of drug-likeness (QED) is 0.659. The molecular formula is C14H13ClFN3O2S3. The molecule has 0 fully saturated rings. The molecule has 0 aromatic carbocycles. The number of thiophene rings is 1. The minimum atomic E-state index is -3.78. The number of hydrogen-bond donors (Lipinski definition) is 1. The largest absolute Gasteiger partial charge is 0.315 e. The van der Waals surface area contributed by atoms with Crippen LogP contribution in [0.5, 0.6) is 0 Å². The summed E-state index contributed by atoms with van der Waals surface area (Å²) in [5.74, 6) is -0.697. The van der Waals surface area contributed by atoms with Crippen molar-refractivity contribution in [2.45, 2.75) is 15.1 Å². The minimum Gasteiger partial charge on any atom is -0.315 e. The highest BCUT2D eigenvalue weighted by Crippen LogP contribution is 2.39. The van der Waals surface area contributed by atoms with Gasteiger partial charge < -0.3 is 5.32 Å². The molecule has 0 radical (unpaired) electrons. The molecule has 5 nitrogen and oxygen atoms in total. The van der Waals surface area contributed by atoms with E-state index >= 15 is 0 Å². The zero-order chi connectivity index (χ0) is 16.4. The lowest BCUT2D eigenvalue weighted by atomic mass is 10.1. The maximum absolute atomic E-state index is 14.1. The van der Waals surface area contributed by atoms with Gasteiger partial charge in [0.05, 0.1) is 0 Å². The number of nitrogens with one attached hydrogen (secondary N) is 1. The van der Waals surface area contributed by atoms with Crippen molar-refractivity contribution in [1.29, 1.82) is 0 Å². The van der Waals surface area contributed by atoms with E-state index in [1.54, 1.807) is 24.6 Å². The van der Waals surface area contributed by atoms with Gasteiger partial charge in [-0.1, -0.05) is 0 Å². The zero-order valence-electron chi connectivity index (χ0n) is 12.4. The molecule has 0 unspecified atom stereocenters. The van der Waals surface area contributed by atoms with Gasteiger partial charge in [0.15, 0.2) is 0 Å². The van der Waals surface area contributed by atoms with Crippen molar-refractivity contribution < 1.29 is 12.8 Å². The van der Waals surface area contributed by atoms with Crippen LogP contribution in [0.15, 0.2) is 44.5 Å². The number of aromatic nitrogens is 2. The molecule has 3 aromatic heterocycles. The van der Waals surface area contributed by atoms with E-state index in [2.05, 4.69) is 15.3 Å². The lowest BCUT2D eigenvalue weighted by Gasteiger charge is -2.04. The Kier molecular flexibility index (Phi) is 6.05. The van der Waals surface area contributed by atoms with Crippen LogP contribution in [0.25, 0.3) is 11.1 Å².